The van der Waals surface area contributed by atoms with E-state index in [-0.39, 0.29) is 17.2 Å². The summed E-state index contributed by atoms with van der Waals surface area (Å²) in [7, 11) is 4.71. The van der Waals surface area contributed by atoms with Gasteiger partial charge in [0.15, 0.2) is 11.5 Å². The number of benzene rings is 1. The summed E-state index contributed by atoms with van der Waals surface area (Å²) in [6.07, 6.45) is 0. The number of likely N-dealkylation sites (N-methyl/N-ethyl adjacent to an activating group) is 1. The highest BCUT2D eigenvalue weighted by molar-refractivity contribution is 8.00. The molecule has 1 fully saturated rings. The fourth-order valence-corrected chi connectivity index (χ4v) is 3.70. The average molecular weight is 324 g/mol. The van der Waals surface area contributed by atoms with Gasteiger partial charge in [-0.3, -0.25) is 9.59 Å². The Morgan fingerprint density at radius 1 is 1.36 bits per heavy atom. The van der Waals surface area contributed by atoms with Gasteiger partial charge >= 0.3 is 0 Å². The summed E-state index contributed by atoms with van der Waals surface area (Å²) in [5, 5.41) is 2.38. The molecule has 1 aromatic carbocycles. The molecule has 0 aromatic heterocycles. The second-order valence-corrected chi connectivity index (χ2v) is 5.94. The maximum absolute atomic E-state index is 12.2. The van der Waals surface area contributed by atoms with Crippen LogP contribution in [0.4, 0.5) is 0 Å². The summed E-state index contributed by atoms with van der Waals surface area (Å²) in [5.41, 5.74) is 0.907. The van der Waals surface area contributed by atoms with Crippen LogP contribution in [0.15, 0.2) is 18.2 Å². The smallest absolute Gasteiger partial charge is 0.242 e. The molecule has 0 aliphatic carbocycles. The van der Waals surface area contributed by atoms with Crippen molar-refractivity contribution < 1.29 is 19.1 Å². The molecule has 120 valence electrons. The van der Waals surface area contributed by atoms with Crippen LogP contribution in [0.25, 0.3) is 0 Å². The second-order valence-electron chi connectivity index (χ2n) is 4.87. The molecule has 1 heterocycles. The Morgan fingerprint density at radius 3 is 2.64 bits per heavy atom. The van der Waals surface area contributed by atoms with Gasteiger partial charge in [0, 0.05) is 7.05 Å². The molecule has 1 N–H and O–H groups in total. The van der Waals surface area contributed by atoms with Gasteiger partial charge in [-0.25, -0.2) is 0 Å². The van der Waals surface area contributed by atoms with Crippen molar-refractivity contribution in [2.24, 2.45) is 0 Å². The van der Waals surface area contributed by atoms with Gasteiger partial charge in [0.2, 0.25) is 11.8 Å². The molecule has 1 saturated heterocycles. The lowest BCUT2D eigenvalue weighted by molar-refractivity contribution is -0.137. The quantitative estimate of drug-likeness (QED) is 0.887. The summed E-state index contributed by atoms with van der Waals surface area (Å²) in [6.45, 7) is 1.73. The number of hydrogen-bond acceptors (Lipinski definition) is 5. The first kappa shape index (κ1) is 16.5. The monoisotopic (exact) mass is 324 g/mol. The molecule has 6 nitrogen and oxygen atoms in total. The molecule has 1 aliphatic rings. The normalized spacial score (nSPS) is 19.0. The summed E-state index contributed by atoms with van der Waals surface area (Å²) >= 11 is 1.50. The lowest BCUT2D eigenvalue weighted by atomic mass is 10.1. The van der Waals surface area contributed by atoms with Gasteiger partial charge in [0.25, 0.3) is 0 Å². The van der Waals surface area contributed by atoms with E-state index >= 15 is 0 Å². The van der Waals surface area contributed by atoms with Crippen LogP contribution in [0.1, 0.15) is 17.9 Å². The van der Waals surface area contributed by atoms with Gasteiger partial charge in [-0.2, -0.15) is 0 Å². The van der Waals surface area contributed by atoms with Crippen LogP contribution in [-0.2, 0) is 9.59 Å². The highest BCUT2D eigenvalue weighted by Crippen LogP contribution is 2.42. The summed E-state index contributed by atoms with van der Waals surface area (Å²) in [4.78, 5) is 25.7. The van der Waals surface area contributed by atoms with Crippen LogP contribution >= 0.6 is 11.8 Å². The topological polar surface area (TPSA) is 67.9 Å². The zero-order valence-electron chi connectivity index (χ0n) is 13.1. The van der Waals surface area contributed by atoms with Crippen molar-refractivity contribution in [1.29, 1.82) is 0 Å². The molecule has 2 atom stereocenters. The van der Waals surface area contributed by atoms with Gasteiger partial charge in [-0.1, -0.05) is 6.07 Å². The molecular formula is C15H20N2O4S. The van der Waals surface area contributed by atoms with E-state index in [4.69, 9.17) is 9.47 Å². The Hall–Kier alpha value is -1.89. The molecule has 0 radical (unpaired) electrons. The largest absolute Gasteiger partial charge is 0.493 e. The zero-order chi connectivity index (χ0) is 16.3. The SMILES string of the molecule is CNC(=O)[C@H](C)N1C(=O)CS[C@@H]1c1ccc(OC)c(OC)c1. The highest BCUT2D eigenvalue weighted by Gasteiger charge is 2.38. The fraction of sp³-hybridized carbons (Fsp3) is 0.467. The summed E-state index contributed by atoms with van der Waals surface area (Å²) in [6, 6.07) is 5.02. The molecule has 0 unspecified atom stereocenters. The van der Waals surface area contributed by atoms with Crippen molar-refractivity contribution in [3.05, 3.63) is 23.8 Å². The number of nitrogens with one attached hydrogen (secondary N) is 1. The maximum atomic E-state index is 12.2. The Bertz CT molecular complexity index is 579. The predicted octanol–water partition coefficient (Wildman–Crippen LogP) is 1.41. The van der Waals surface area contributed by atoms with Crippen molar-refractivity contribution in [2.75, 3.05) is 27.0 Å². The molecular weight excluding hydrogens is 304 g/mol. The molecule has 7 heteroatoms. The lowest BCUT2D eigenvalue weighted by Crippen LogP contribution is -2.45. The Kier molecular flexibility index (Phi) is 5.18. The van der Waals surface area contributed by atoms with E-state index in [1.54, 1.807) is 39.2 Å². The van der Waals surface area contributed by atoms with E-state index in [1.807, 2.05) is 12.1 Å². The molecule has 1 aromatic rings. The molecule has 2 amide bonds. The number of methoxy groups -OCH3 is 2. The van der Waals surface area contributed by atoms with Crippen LogP contribution in [0.3, 0.4) is 0 Å². The lowest BCUT2D eigenvalue weighted by Gasteiger charge is -2.29. The van der Waals surface area contributed by atoms with Crippen LogP contribution in [0, 0.1) is 0 Å². The number of carbonyl (C=O) groups excluding carboxylic acids is 2. The Balaban J connectivity index is 2.34. The number of ether oxygens (including phenoxy) is 2. The minimum absolute atomic E-state index is 0.0408. The second kappa shape index (κ2) is 6.91. The average Bonchev–Trinajstić information content (AvgIpc) is 2.94. The van der Waals surface area contributed by atoms with E-state index in [0.29, 0.717) is 17.3 Å². The van der Waals surface area contributed by atoms with Crippen LogP contribution in [0.2, 0.25) is 0 Å². The number of carbonyl (C=O) groups is 2. The van der Waals surface area contributed by atoms with Crippen molar-refractivity contribution in [3.63, 3.8) is 0 Å². The molecule has 0 bridgehead atoms. The first-order valence-electron chi connectivity index (χ1n) is 6.89. The van der Waals surface area contributed by atoms with Gasteiger partial charge in [-0.15, -0.1) is 11.8 Å². The first-order chi connectivity index (χ1) is 10.5. The van der Waals surface area contributed by atoms with E-state index < -0.39 is 6.04 Å². The van der Waals surface area contributed by atoms with E-state index in [9.17, 15) is 9.59 Å². The molecule has 2 rings (SSSR count). The van der Waals surface area contributed by atoms with Crippen molar-refractivity contribution in [3.8, 4) is 11.5 Å². The highest BCUT2D eigenvalue weighted by atomic mass is 32.2. The van der Waals surface area contributed by atoms with Crippen molar-refractivity contribution in [1.82, 2.24) is 10.2 Å². The maximum Gasteiger partial charge on any atom is 0.242 e. The molecule has 0 spiro atoms. The number of hydrogen-bond donors (Lipinski definition) is 1. The van der Waals surface area contributed by atoms with E-state index in [0.717, 1.165) is 5.56 Å². The van der Waals surface area contributed by atoms with Gasteiger partial charge in [0.05, 0.1) is 20.0 Å². The van der Waals surface area contributed by atoms with Crippen LogP contribution in [0.5, 0.6) is 11.5 Å². The number of rotatable bonds is 5. The number of nitrogens with zero attached hydrogens (tertiary/aromatic N) is 1. The van der Waals surface area contributed by atoms with Gasteiger partial charge < -0.3 is 19.7 Å². The van der Waals surface area contributed by atoms with Gasteiger partial charge in [-0.05, 0) is 24.6 Å². The minimum atomic E-state index is -0.523. The van der Waals surface area contributed by atoms with Crippen molar-refractivity contribution in [2.45, 2.75) is 18.3 Å². The third kappa shape index (κ3) is 2.99. The summed E-state index contributed by atoms with van der Waals surface area (Å²) < 4.78 is 10.5. The zero-order valence-corrected chi connectivity index (χ0v) is 13.9. The van der Waals surface area contributed by atoms with Gasteiger partial charge in [0.1, 0.15) is 11.4 Å². The van der Waals surface area contributed by atoms with E-state index in [2.05, 4.69) is 5.32 Å². The molecule has 1 aliphatic heterocycles. The van der Waals surface area contributed by atoms with E-state index in [1.165, 1.54) is 11.8 Å². The third-order valence-corrected chi connectivity index (χ3v) is 4.87. The number of amides is 2. The van der Waals surface area contributed by atoms with Crippen LogP contribution in [-0.4, -0.2) is 49.8 Å². The van der Waals surface area contributed by atoms with Crippen molar-refractivity contribution >= 4 is 23.6 Å². The first-order valence-corrected chi connectivity index (χ1v) is 7.94. The minimum Gasteiger partial charge on any atom is -0.493 e. The predicted molar refractivity (Wildman–Crippen MR) is 85.1 cm³/mol. The Morgan fingerprint density at radius 2 is 2.05 bits per heavy atom. The summed E-state index contributed by atoms with van der Waals surface area (Å²) in [5.74, 6) is 1.38. The number of thioether (sulfide) groups is 1. The van der Waals surface area contributed by atoms with Crippen LogP contribution < -0.4 is 14.8 Å². The fourth-order valence-electron chi connectivity index (χ4n) is 2.45. The Labute approximate surface area is 134 Å². The molecule has 22 heavy (non-hydrogen) atoms. The third-order valence-electron chi connectivity index (χ3n) is 3.64. The molecule has 0 saturated carbocycles. The standard InChI is InChI=1S/C15H20N2O4S/c1-9(14(19)16-2)17-13(18)8-22-15(17)10-5-6-11(20-3)12(7-10)21-4/h5-7,9,15H,8H2,1-4H3,(H,16,19)/t9-,15+/m0/s1.